The molecule has 0 aliphatic rings. The SMILES string of the molecule is COCc1ncc(C(C)=O)n1-c1nc(C)co1. The van der Waals surface area contributed by atoms with E-state index in [1.165, 1.54) is 19.4 Å². The number of aromatic nitrogens is 3. The number of carbonyl (C=O) groups is 1. The molecule has 0 unspecified atom stereocenters. The van der Waals surface area contributed by atoms with Crippen molar-refractivity contribution < 1.29 is 13.9 Å². The Balaban J connectivity index is 2.55. The van der Waals surface area contributed by atoms with Crippen LogP contribution < -0.4 is 0 Å². The van der Waals surface area contributed by atoms with Crippen molar-refractivity contribution in [2.75, 3.05) is 7.11 Å². The number of ketones is 1. The molecule has 17 heavy (non-hydrogen) atoms. The molecule has 0 fully saturated rings. The largest absolute Gasteiger partial charge is 0.431 e. The van der Waals surface area contributed by atoms with Crippen molar-refractivity contribution in [3.05, 3.63) is 29.7 Å². The summed E-state index contributed by atoms with van der Waals surface area (Å²) < 4.78 is 11.9. The Hall–Kier alpha value is -1.95. The molecule has 0 atom stereocenters. The van der Waals surface area contributed by atoms with Gasteiger partial charge in [0.25, 0.3) is 0 Å². The van der Waals surface area contributed by atoms with E-state index in [-0.39, 0.29) is 12.4 Å². The minimum atomic E-state index is -0.101. The van der Waals surface area contributed by atoms with E-state index in [1.54, 1.807) is 11.7 Å². The zero-order valence-electron chi connectivity index (χ0n) is 9.93. The maximum atomic E-state index is 11.5. The Labute approximate surface area is 98.2 Å². The van der Waals surface area contributed by atoms with E-state index in [4.69, 9.17) is 9.15 Å². The van der Waals surface area contributed by atoms with Crippen molar-refractivity contribution in [3.63, 3.8) is 0 Å². The summed E-state index contributed by atoms with van der Waals surface area (Å²) in [5, 5.41) is 0. The number of hydrogen-bond donors (Lipinski definition) is 0. The first kappa shape index (κ1) is 11.5. The van der Waals surface area contributed by atoms with Gasteiger partial charge in [-0.05, 0) is 6.92 Å². The Kier molecular flexibility index (Phi) is 3.06. The molecule has 0 aliphatic carbocycles. The maximum Gasteiger partial charge on any atom is 0.307 e. The van der Waals surface area contributed by atoms with Crippen molar-refractivity contribution in [1.29, 1.82) is 0 Å². The lowest BCUT2D eigenvalue weighted by atomic mass is 10.3. The number of rotatable bonds is 4. The summed E-state index contributed by atoms with van der Waals surface area (Å²) in [6, 6.07) is 0.331. The third kappa shape index (κ3) is 2.12. The molecular formula is C11H13N3O3. The van der Waals surface area contributed by atoms with E-state index in [9.17, 15) is 4.79 Å². The number of methoxy groups -OCH3 is 1. The van der Waals surface area contributed by atoms with Gasteiger partial charge in [0.05, 0.1) is 11.9 Å². The van der Waals surface area contributed by atoms with Gasteiger partial charge in [-0.25, -0.2) is 9.55 Å². The van der Waals surface area contributed by atoms with Gasteiger partial charge in [0.1, 0.15) is 24.4 Å². The van der Waals surface area contributed by atoms with Crippen molar-refractivity contribution in [2.24, 2.45) is 0 Å². The molecule has 90 valence electrons. The van der Waals surface area contributed by atoms with Crippen molar-refractivity contribution in [1.82, 2.24) is 14.5 Å². The summed E-state index contributed by atoms with van der Waals surface area (Å²) in [6.45, 7) is 3.57. The van der Waals surface area contributed by atoms with Gasteiger partial charge in [-0.3, -0.25) is 4.79 Å². The van der Waals surface area contributed by atoms with Crippen molar-refractivity contribution >= 4 is 5.78 Å². The van der Waals surface area contributed by atoms with E-state index in [1.807, 2.05) is 6.92 Å². The average molecular weight is 235 g/mol. The fraction of sp³-hybridized carbons (Fsp3) is 0.364. The highest BCUT2D eigenvalue weighted by Gasteiger charge is 2.18. The molecule has 2 heterocycles. The summed E-state index contributed by atoms with van der Waals surface area (Å²) in [6.07, 6.45) is 3.02. The summed E-state index contributed by atoms with van der Waals surface area (Å²) in [7, 11) is 1.56. The van der Waals surface area contributed by atoms with Crippen LogP contribution in [0.25, 0.3) is 6.01 Å². The topological polar surface area (TPSA) is 70.2 Å². The van der Waals surface area contributed by atoms with Gasteiger partial charge in [-0.15, -0.1) is 0 Å². The number of carbonyl (C=O) groups excluding carboxylic acids is 1. The zero-order valence-corrected chi connectivity index (χ0v) is 9.93. The van der Waals surface area contributed by atoms with Crippen LogP contribution in [0.5, 0.6) is 0 Å². The molecule has 6 nitrogen and oxygen atoms in total. The molecule has 2 rings (SSSR count). The molecule has 0 saturated heterocycles. The van der Waals surface area contributed by atoms with Crippen LogP contribution in [-0.2, 0) is 11.3 Å². The number of ether oxygens (including phenoxy) is 1. The van der Waals surface area contributed by atoms with E-state index in [2.05, 4.69) is 9.97 Å². The predicted molar refractivity (Wildman–Crippen MR) is 59.1 cm³/mol. The Morgan fingerprint density at radius 3 is 2.88 bits per heavy atom. The van der Waals surface area contributed by atoms with E-state index in [0.717, 1.165) is 5.69 Å². The first-order valence-electron chi connectivity index (χ1n) is 5.12. The zero-order chi connectivity index (χ0) is 12.4. The van der Waals surface area contributed by atoms with Crippen LogP contribution in [0.3, 0.4) is 0 Å². The Bertz CT molecular complexity index is 542. The average Bonchev–Trinajstić information content (AvgIpc) is 2.84. The normalized spacial score (nSPS) is 10.8. The lowest BCUT2D eigenvalue weighted by Crippen LogP contribution is -2.09. The van der Waals surface area contributed by atoms with Gasteiger partial charge >= 0.3 is 6.01 Å². The Morgan fingerprint density at radius 1 is 1.59 bits per heavy atom. The Morgan fingerprint density at radius 2 is 2.35 bits per heavy atom. The van der Waals surface area contributed by atoms with Gasteiger partial charge in [0.2, 0.25) is 0 Å². The second-order valence-corrected chi connectivity index (χ2v) is 3.66. The lowest BCUT2D eigenvalue weighted by Gasteiger charge is -2.04. The standard InChI is InChI=1S/C11H13N3O3/c1-7-5-17-11(13-7)14-9(8(2)15)4-12-10(14)6-16-3/h4-5H,6H2,1-3H3. The summed E-state index contributed by atoms with van der Waals surface area (Å²) in [5.74, 6) is 0.482. The summed E-state index contributed by atoms with van der Waals surface area (Å²) in [4.78, 5) is 19.8. The number of nitrogens with zero attached hydrogens (tertiary/aromatic N) is 3. The predicted octanol–water partition coefficient (Wildman–Crippen LogP) is 1.52. The van der Waals surface area contributed by atoms with Gasteiger partial charge in [0.15, 0.2) is 5.78 Å². The second-order valence-electron chi connectivity index (χ2n) is 3.66. The third-order valence-electron chi connectivity index (χ3n) is 2.27. The molecule has 0 bridgehead atoms. The number of Topliss-reactive ketones (excluding diaryl/α,β-unsaturated/α-hetero) is 1. The fourth-order valence-corrected chi connectivity index (χ4v) is 1.53. The van der Waals surface area contributed by atoms with E-state index < -0.39 is 0 Å². The number of aryl methyl sites for hydroxylation is 1. The van der Waals surface area contributed by atoms with Crippen LogP contribution in [0.15, 0.2) is 16.9 Å². The molecule has 0 saturated carbocycles. The van der Waals surface area contributed by atoms with Crippen LogP contribution in [0.2, 0.25) is 0 Å². The summed E-state index contributed by atoms with van der Waals surface area (Å²) >= 11 is 0. The smallest absolute Gasteiger partial charge is 0.307 e. The molecule has 0 radical (unpaired) electrons. The minimum absolute atomic E-state index is 0.101. The highest BCUT2D eigenvalue weighted by Crippen LogP contribution is 2.15. The molecule has 0 amide bonds. The lowest BCUT2D eigenvalue weighted by molar-refractivity contribution is 0.100. The van der Waals surface area contributed by atoms with Crippen LogP contribution in [-0.4, -0.2) is 27.4 Å². The van der Waals surface area contributed by atoms with Gasteiger partial charge < -0.3 is 9.15 Å². The van der Waals surface area contributed by atoms with Gasteiger partial charge in [-0.1, -0.05) is 0 Å². The van der Waals surface area contributed by atoms with Gasteiger partial charge in [-0.2, -0.15) is 4.98 Å². The van der Waals surface area contributed by atoms with Crippen LogP contribution in [0, 0.1) is 6.92 Å². The highest BCUT2D eigenvalue weighted by molar-refractivity contribution is 5.92. The molecular weight excluding hydrogens is 222 g/mol. The maximum absolute atomic E-state index is 11.5. The number of imidazole rings is 1. The van der Waals surface area contributed by atoms with E-state index in [0.29, 0.717) is 17.5 Å². The van der Waals surface area contributed by atoms with E-state index >= 15 is 0 Å². The molecule has 0 aliphatic heterocycles. The first-order valence-corrected chi connectivity index (χ1v) is 5.12. The van der Waals surface area contributed by atoms with Crippen LogP contribution in [0.1, 0.15) is 28.9 Å². The molecule has 0 N–H and O–H groups in total. The molecule has 2 aromatic heterocycles. The molecule has 0 aromatic carbocycles. The molecule has 0 spiro atoms. The number of hydrogen-bond acceptors (Lipinski definition) is 5. The van der Waals surface area contributed by atoms with Crippen molar-refractivity contribution in [2.45, 2.75) is 20.5 Å². The fourth-order valence-electron chi connectivity index (χ4n) is 1.53. The second kappa shape index (κ2) is 4.50. The number of oxazole rings is 1. The molecule has 6 heteroatoms. The quantitative estimate of drug-likeness (QED) is 0.751. The first-order chi connectivity index (χ1) is 8.13. The third-order valence-corrected chi connectivity index (χ3v) is 2.27. The highest BCUT2D eigenvalue weighted by atomic mass is 16.5. The van der Waals surface area contributed by atoms with Crippen molar-refractivity contribution in [3.8, 4) is 6.01 Å². The monoisotopic (exact) mass is 235 g/mol. The van der Waals surface area contributed by atoms with Crippen LogP contribution in [0.4, 0.5) is 0 Å². The van der Waals surface area contributed by atoms with Gasteiger partial charge in [0, 0.05) is 14.0 Å². The molecule has 2 aromatic rings. The minimum Gasteiger partial charge on any atom is -0.431 e. The summed E-state index contributed by atoms with van der Waals surface area (Å²) in [5.41, 5.74) is 1.17. The van der Waals surface area contributed by atoms with Crippen LogP contribution >= 0.6 is 0 Å².